The minimum absolute atomic E-state index is 0.0661. The van der Waals surface area contributed by atoms with Gasteiger partial charge < -0.3 is 5.73 Å². The van der Waals surface area contributed by atoms with Crippen LogP contribution in [-0.4, -0.2) is 25.3 Å². The van der Waals surface area contributed by atoms with E-state index in [0.717, 1.165) is 6.42 Å². The number of benzene rings is 1. The number of nitrogens with two attached hydrogens (primary N) is 1. The second kappa shape index (κ2) is 4.31. The van der Waals surface area contributed by atoms with E-state index >= 15 is 0 Å². The molecule has 2 rings (SSSR count). The molecule has 0 radical (unpaired) electrons. The van der Waals surface area contributed by atoms with E-state index in [1.54, 1.807) is 22.5 Å². The third kappa shape index (κ3) is 2.30. The van der Waals surface area contributed by atoms with Crippen molar-refractivity contribution in [2.75, 3.05) is 12.3 Å². The highest BCUT2D eigenvalue weighted by Gasteiger charge is 2.35. The van der Waals surface area contributed by atoms with Crippen molar-refractivity contribution >= 4 is 15.7 Å². The molecule has 1 saturated heterocycles. The molecule has 2 N–H and O–H groups in total. The predicted molar refractivity (Wildman–Crippen MR) is 68.0 cm³/mol. The highest BCUT2D eigenvalue weighted by Crippen LogP contribution is 2.29. The summed E-state index contributed by atoms with van der Waals surface area (Å²) in [5, 5.41) is 0. The van der Waals surface area contributed by atoms with Crippen LogP contribution >= 0.6 is 0 Å². The van der Waals surface area contributed by atoms with Crippen LogP contribution in [0, 0.1) is 5.92 Å². The fourth-order valence-electron chi connectivity index (χ4n) is 2.41. The zero-order valence-electron chi connectivity index (χ0n) is 10.1. The summed E-state index contributed by atoms with van der Waals surface area (Å²) in [6.45, 7) is 4.62. The highest BCUT2D eigenvalue weighted by molar-refractivity contribution is 7.89. The van der Waals surface area contributed by atoms with E-state index in [0.29, 0.717) is 23.0 Å². The number of rotatable bonds is 2. The lowest BCUT2D eigenvalue weighted by atomic mass is 10.1. The fraction of sp³-hybridized carbons (Fsp3) is 0.500. The molecular formula is C12H18N2O2S. The molecule has 1 aliphatic rings. The third-order valence-corrected chi connectivity index (χ3v) is 5.17. The lowest BCUT2D eigenvalue weighted by Crippen LogP contribution is -2.34. The molecule has 0 saturated carbocycles. The molecule has 2 unspecified atom stereocenters. The van der Waals surface area contributed by atoms with Gasteiger partial charge in [-0.1, -0.05) is 13.0 Å². The summed E-state index contributed by atoms with van der Waals surface area (Å²) in [6.07, 6.45) is 0.918. The smallest absolute Gasteiger partial charge is 0.243 e. The Morgan fingerprint density at radius 1 is 1.35 bits per heavy atom. The van der Waals surface area contributed by atoms with Crippen LogP contribution in [0.1, 0.15) is 20.3 Å². The molecule has 1 aromatic rings. The third-order valence-electron chi connectivity index (χ3n) is 3.19. The van der Waals surface area contributed by atoms with Crippen LogP contribution in [-0.2, 0) is 10.0 Å². The summed E-state index contributed by atoms with van der Waals surface area (Å²) in [7, 11) is -3.39. The maximum absolute atomic E-state index is 12.4. The zero-order valence-corrected chi connectivity index (χ0v) is 10.9. The summed E-state index contributed by atoms with van der Waals surface area (Å²) in [6, 6.07) is 6.55. The van der Waals surface area contributed by atoms with Crippen molar-refractivity contribution in [2.45, 2.75) is 31.2 Å². The minimum Gasteiger partial charge on any atom is -0.399 e. The molecule has 1 fully saturated rings. The Morgan fingerprint density at radius 3 is 2.59 bits per heavy atom. The Hall–Kier alpha value is -1.07. The number of hydrogen-bond acceptors (Lipinski definition) is 3. The van der Waals surface area contributed by atoms with Crippen molar-refractivity contribution in [1.82, 2.24) is 4.31 Å². The Bertz CT molecular complexity index is 513. The molecule has 4 nitrogen and oxygen atoms in total. The molecule has 17 heavy (non-hydrogen) atoms. The normalized spacial score (nSPS) is 26.2. The maximum atomic E-state index is 12.4. The van der Waals surface area contributed by atoms with Crippen molar-refractivity contribution in [2.24, 2.45) is 5.92 Å². The van der Waals surface area contributed by atoms with Crippen molar-refractivity contribution in [1.29, 1.82) is 0 Å². The summed E-state index contributed by atoms with van der Waals surface area (Å²) in [5.74, 6) is 0.417. The topological polar surface area (TPSA) is 63.4 Å². The zero-order chi connectivity index (χ0) is 12.6. The molecule has 1 heterocycles. The van der Waals surface area contributed by atoms with E-state index in [1.807, 2.05) is 6.92 Å². The van der Waals surface area contributed by atoms with E-state index in [1.165, 1.54) is 6.07 Å². The van der Waals surface area contributed by atoms with Crippen molar-refractivity contribution < 1.29 is 8.42 Å². The Kier molecular flexibility index (Phi) is 3.14. The van der Waals surface area contributed by atoms with E-state index in [2.05, 4.69) is 6.92 Å². The van der Waals surface area contributed by atoms with Crippen LogP contribution in [0.3, 0.4) is 0 Å². The van der Waals surface area contributed by atoms with Gasteiger partial charge in [0.05, 0.1) is 4.90 Å². The molecule has 5 heteroatoms. The summed E-state index contributed by atoms with van der Waals surface area (Å²) in [4.78, 5) is 0.290. The first-order chi connectivity index (χ1) is 7.91. The minimum atomic E-state index is -3.39. The molecule has 1 aliphatic heterocycles. The Labute approximate surface area is 102 Å². The van der Waals surface area contributed by atoms with Gasteiger partial charge in [-0.15, -0.1) is 0 Å². The number of hydrogen-bond donors (Lipinski definition) is 1. The number of nitrogens with zero attached hydrogens (tertiary/aromatic N) is 1. The van der Waals surface area contributed by atoms with Crippen molar-refractivity contribution in [3.05, 3.63) is 24.3 Å². The van der Waals surface area contributed by atoms with Crippen molar-refractivity contribution in [3.63, 3.8) is 0 Å². The van der Waals surface area contributed by atoms with Gasteiger partial charge in [-0.3, -0.25) is 0 Å². The van der Waals surface area contributed by atoms with Gasteiger partial charge in [-0.2, -0.15) is 4.31 Å². The number of anilines is 1. The van der Waals surface area contributed by atoms with Gasteiger partial charge in [0, 0.05) is 18.3 Å². The van der Waals surface area contributed by atoms with Gasteiger partial charge in [-0.25, -0.2) is 8.42 Å². The van der Waals surface area contributed by atoms with Crippen LogP contribution < -0.4 is 5.73 Å². The van der Waals surface area contributed by atoms with Gasteiger partial charge in [0.1, 0.15) is 0 Å². The van der Waals surface area contributed by atoms with Crippen molar-refractivity contribution in [3.8, 4) is 0 Å². The molecule has 2 atom stereocenters. The lowest BCUT2D eigenvalue weighted by Gasteiger charge is -2.21. The quantitative estimate of drug-likeness (QED) is 0.817. The maximum Gasteiger partial charge on any atom is 0.243 e. The average molecular weight is 254 g/mol. The molecule has 94 valence electrons. The molecule has 1 aromatic carbocycles. The number of nitrogen functional groups attached to an aromatic ring is 1. The predicted octanol–water partition coefficient (Wildman–Crippen LogP) is 1.69. The van der Waals surface area contributed by atoms with E-state index < -0.39 is 10.0 Å². The van der Waals surface area contributed by atoms with Gasteiger partial charge in [0.15, 0.2) is 0 Å². The van der Waals surface area contributed by atoms with E-state index in [9.17, 15) is 8.42 Å². The Balaban J connectivity index is 2.37. The number of sulfonamides is 1. The molecular weight excluding hydrogens is 236 g/mol. The fourth-order valence-corrected chi connectivity index (χ4v) is 4.22. The first-order valence-corrected chi connectivity index (χ1v) is 7.22. The van der Waals surface area contributed by atoms with Gasteiger partial charge in [0.2, 0.25) is 10.0 Å². The van der Waals surface area contributed by atoms with Crippen LogP contribution in [0.15, 0.2) is 29.2 Å². The molecule has 0 aliphatic carbocycles. The van der Waals surface area contributed by atoms with Crippen LogP contribution in [0.2, 0.25) is 0 Å². The monoisotopic (exact) mass is 254 g/mol. The molecule has 0 spiro atoms. The van der Waals surface area contributed by atoms with Crippen LogP contribution in [0.5, 0.6) is 0 Å². The molecule has 0 amide bonds. The van der Waals surface area contributed by atoms with E-state index in [-0.39, 0.29) is 6.04 Å². The second-order valence-corrected chi connectivity index (χ2v) is 6.73. The SMILES string of the molecule is CC1CC(C)N(S(=O)(=O)c2cccc(N)c2)C1. The second-order valence-electron chi connectivity index (χ2n) is 4.84. The standard InChI is InChI=1S/C12H18N2O2S/c1-9-6-10(2)14(8-9)17(15,16)12-5-3-4-11(13)7-12/h3-5,7,9-10H,6,8,13H2,1-2H3. The average Bonchev–Trinajstić information content (AvgIpc) is 2.58. The Morgan fingerprint density at radius 2 is 2.06 bits per heavy atom. The molecule has 0 bridgehead atoms. The van der Waals surface area contributed by atoms with Gasteiger partial charge >= 0.3 is 0 Å². The lowest BCUT2D eigenvalue weighted by molar-refractivity contribution is 0.405. The largest absolute Gasteiger partial charge is 0.399 e. The first-order valence-electron chi connectivity index (χ1n) is 5.78. The highest BCUT2D eigenvalue weighted by atomic mass is 32.2. The van der Waals surface area contributed by atoms with Gasteiger partial charge in [0.25, 0.3) is 0 Å². The van der Waals surface area contributed by atoms with Crippen LogP contribution in [0.25, 0.3) is 0 Å². The van der Waals surface area contributed by atoms with Gasteiger partial charge in [-0.05, 0) is 37.5 Å². The molecule has 0 aromatic heterocycles. The summed E-state index contributed by atoms with van der Waals surface area (Å²) < 4.78 is 26.4. The summed E-state index contributed by atoms with van der Waals surface area (Å²) in [5.41, 5.74) is 6.11. The first kappa shape index (κ1) is 12.4. The summed E-state index contributed by atoms with van der Waals surface area (Å²) >= 11 is 0. The van der Waals surface area contributed by atoms with Crippen LogP contribution in [0.4, 0.5) is 5.69 Å². The van der Waals surface area contributed by atoms with E-state index in [4.69, 9.17) is 5.73 Å².